The topological polar surface area (TPSA) is 71.2 Å². The number of carbonyl (C=O) groups is 1. The molecule has 6 nitrogen and oxygen atoms in total. The summed E-state index contributed by atoms with van der Waals surface area (Å²) in [4.78, 5) is 15.9. The molecule has 1 aromatic carbocycles. The quantitative estimate of drug-likeness (QED) is 0.613. The Bertz CT molecular complexity index is 1180. The van der Waals surface area contributed by atoms with Crippen LogP contribution in [0.1, 0.15) is 70.9 Å². The Labute approximate surface area is 199 Å². The van der Waals surface area contributed by atoms with Crippen molar-refractivity contribution >= 4 is 28.4 Å². The van der Waals surface area contributed by atoms with Gasteiger partial charge in [0.15, 0.2) is 0 Å². The van der Waals surface area contributed by atoms with Crippen LogP contribution < -0.4 is 4.74 Å². The molecule has 4 bridgehead atoms. The minimum Gasteiger partial charge on any atom is -0.489 e. The minimum atomic E-state index is -0.486. The van der Waals surface area contributed by atoms with Crippen LogP contribution in [0, 0.1) is 22.7 Å². The van der Waals surface area contributed by atoms with E-state index < -0.39 is 5.41 Å². The van der Waals surface area contributed by atoms with Crippen molar-refractivity contribution in [2.45, 2.75) is 88.8 Å². The van der Waals surface area contributed by atoms with Crippen molar-refractivity contribution in [3.63, 3.8) is 0 Å². The summed E-state index contributed by atoms with van der Waals surface area (Å²) >= 11 is 6.85. The Hall–Kier alpha value is -2.26. The van der Waals surface area contributed by atoms with E-state index in [9.17, 15) is 10.1 Å². The molecule has 174 valence electrons. The van der Waals surface area contributed by atoms with E-state index in [1.807, 2.05) is 23.9 Å². The molecule has 7 rings (SSSR count). The van der Waals surface area contributed by atoms with E-state index in [1.54, 1.807) is 0 Å². The second-order valence-corrected chi connectivity index (χ2v) is 12.0. The summed E-state index contributed by atoms with van der Waals surface area (Å²) in [6, 6.07) is 6.98. The minimum absolute atomic E-state index is 0.183. The van der Waals surface area contributed by atoms with Crippen molar-refractivity contribution in [1.29, 1.82) is 5.26 Å². The lowest BCUT2D eigenvalue weighted by molar-refractivity contribution is -0.154. The van der Waals surface area contributed by atoms with Crippen LogP contribution in [0.25, 0.3) is 10.9 Å². The van der Waals surface area contributed by atoms with E-state index in [-0.39, 0.29) is 29.5 Å². The lowest BCUT2D eigenvalue weighted by Crippen LogP contribution is -2.63. The molecule has 2 atom stereocenters. The van der Waals surface area contributed by atoms with E-state index >= 15 is 0 Å². The first kappa shape index (κ1) is 21.3. The molecule has 3 heterocycles. The van der Waals surface area contributed by atoms with Gasteiger partial charge in [-0.15, -0.1) is 0 Å². The standard InChI is InChI=1S/C26H31ClN4O2/c1-25(2,13-21(32)31-16-8-15-9-17(31)12-26(10-15,11-16)14-28)24-22-19(30(3)29-24)6-7-20(23(22)27)33-18-4-5-18/h6-7,15-18H,4-5,8-13H2,1-3H3. The highest BCUT2D eigenvalue weighted by Gasteiger charge is 2.56. The number of halogens is 1. The largest absolute Gasteiger partial charge is 0.489 e. The second-order valence-electron chi connectivity index (χ2n) is 11.6. The number of benzene rings is 1. The lowest BCUT2D eigenvalue weighted by atomic mass is 9.56. The van der Waals surface area contributed by atoms with Gasteiger partial charge in [0, 0.05) is 36.4 Å². The Kier molecular flexibility index (Phi) is 4.59. The number of fused-ring (bicyclic) bond motifs is 1. The summed E-state index contributed by atoms with van der Waals surface area (Å²) < 4.78 is 7.88. The van der Waals surface area contributed by atoms with Crippen molar-refractivity contribution in [2.75, 3.05) is 0 Å². The summed E-state index contributed by atoms with van der Waals surface area (Å²) in [5.41, 5.74) is 1.11. The zero-order valence-corrected chi connectivity index (χ0v) is 20.4. The van der Waals surface area contributed by atoms with Crippen LogP contribution >= 0.6 is 11.6 Å². The number of hydrogen-bond donors (Lipinski definition) is 0. The molecule has 3 aliphatic carbocycles. The number of carbonyl (C=O) groups excluding carboxylic acids is 1. The zero-order valence-electron chi connectivity index (χ0n) is 19.6. The summed E-state index contributed by atoms with van der Waals surface area (Å²) in [5, 5.41) is 16.1. The number of aromatic nitrogens is 2. The fourth-order valence-corrected chi connectivity index (χ4v) is 7.24. The zero-order chi connectivity index (χ0) is 23.1. The first-order chi connectivity index (χ1) is 15.7. The predicted molar refractivity (Wildman–Crippen MR) is 126 cm³/mol. The number of nitrogens with zero attached hydrogens (tertiary/aromatic N) is 4. The fraction of sp³-hybridized carbons (Fsp3) is 0.654. The first-order valence-corrected chi connectivity index (χ1v) is 12.6. The number of amides is 1. The fourth-order valence-electron chi connectivity index (χ4n) is 6.95. The lowest BCUT2D eigenvalue weighted by Gasteiger charge is -2.59. The molecule has 0 N–H and O–H groups in total. The summed E-state index contributed by atoms with van der Waals surface area (Å²) in [5.74, 6) is 1.49. The Morgan fingerprint density at radius 2 is 1.97 bits per heavy atom. The number of rotatable bonds is 5. The smallest absolute Gasteiger partial charge is 0.224 e. The van der Waals surface area contributed by atoms with Gasteiger partial charge >= 0.3 is 0 Å². The Balaban J connectivity index is 1.30. The van der Waals surface area contributed by atoms with E-state index in [0.717, 1.165) is 61.5 Å². The van der Waals surface area contributed by atoms with Gasteiger partial charge in [-0.1, -0.05) is 25.4 Å². The molecule has 1 aromatic heterocycles. The Morgan fingerprint density at radius 1 is 1.27 bits per heavy atom. The molecule has 33 heavy (non-hydrogen) atoms. The number of hydrogen-bond acceptors (Lipinski definition) is 4. The molecular weight excluding hydrogens is 436 g/mol. The van der Waals surface area contributed by atoms with Crippen molar-refractivity contribution in [1.82, 2.24) is 14.7 Å². The van der Waals surface area contributed by atoms with Crippen LogP contribution in [0.4, 0.5) is 0 Å². The molecule has 5 fully saturated rings. The predicted octanol–water partition coefficient (Wildman–Crippen LogP) is 5.12. The van der Waals surface area contributed by atoms with Crippen LogP contribution in [0.5, 0.6) is 5.75 Å². The highest BCUT2D eigenvalue weighted by Crippen LogP contribution is 2.56. The molecule has 2 unspecified atom stereocenters. The van der Waals surface area contributed by atoms with E-state index in [2.05, 4.69) is 24.8 Å². The summed E-state index contributed by atoms with van der Waals surface area (Å²) in [6.07, 6.45) is 7.57. The maximum Gasteiger partial charge on any atom is 0.224 e. The molecule has 3 saturated carbocycles. The highest BCUT2D eigenvalue weighted by molar-refractivity contribution is 6.37. The maximum atomic E-state index is 13.7. The van der Waals surface area contributed by atoms with Crippen molar-refractivity contribution in [3.05, 3.63) is 22.8 Å². The van der Waals surface area contributed by atoms with Crippen molar-refractivity contribution in [3.8, 4) is 11.8 Å². The molecule has 2 aromatic rings. The first-order valence-electron chi connectivity index (χ1n) is 12.2. The highest BCUT2D eigenvalue weighted by atomic mass is 35.5. The van der Waals surface area contributed by atoms with Crippen molar-refractivity contribution in [2.24, 2.45) is 18.4 Å². The maximum absolute atomic E-state index is 13.7. The van der Waals surface area contributed by atoms with Crippen LogP contribution in [-0.2, 0) is 17.3 Å². The third-order valence-corrected chi connectivity index (χ3v) is 8.80. The van der Waals surface area contributed by atoms with Gasteiger partial charge in [-0.3, -0.25) is 9.48 Å². The van der Waals surface area contributed by atoms with Crippen LogP contribution in [0.3, 0.4) is 0 Å². The molecule has 5 aliphatic rings. The van der Waals surface area contributed by atoms with Gasteiger partial charge < -0.3 is 9.64 Å². The molecule has 7 heteroatoms. The normalized spacial score (nSPS) is 30.6. The third kappa shape index (κ3) is 3.34. The number of aryl methyl sites for hydroxylation is 1. The van der Waals surface area contributed by atoms with Gasteiger partial charge in [-0.2, -0.15) is 10.4 Å². The van der Waals surface area contributed by atoms with E-state index in [1.165, 1.54) is 0 Å². The SMILES string of the molecule is Cn1nc(C(C)(C)CC(=O)N2C3CC4CC2CC(C#N)(C4)C3)c2c(Cl)c(OC3CC3)ccc21. The average Bonchev–Trinajstić information content (AvgIpc) is 3.49. The van der Waals surface area contributed by atoms with Crippen LogP contribution in [-0.4, -0.2) is 38.8 Å². The monoisotopic (exact) mass is 466 g/mol. The van der Waals surface area contributed by atoms with Crippen molar-refractivity contribution < 1.29 is 9.53 Å². The third-order valence-electron chi connectivity index (χ3n) is 8.43. The van der Waals surface area contributed by atoms with Gasteiger partial charge in [0.05, 0.1) is 33.8 Å². The molecule has 1 amide bonds. The summed E-state index contributed by atoms with van der Waals surface area (Å²) in [7, 11) is 1.92. The van der Waals surface area contributed by atoms with Gasteiger partial charge in [-0.05, 0) is 63.0 Å². The number of nitriles is 1. The average molecular weight is 467 g/mol. The van der Waals surface area contributed by atoms with Gasteiger partial charge in [0.1, 0.15) is 5.75 Å². The number of piperidine rings is 2. The van der Waals surface area contributed by atoms with Crippen LogP contribution in [0.2, 0.25) is 5.02 Å². The van der Waals surface area contributed by atoms with E-state index in [4.69, 9.17) is 21.4 Å². The molecule has 2 aliphatic heterocycles. The van der Waals surface area contributed by atoms with Crippen LogP contribution in [0.15, 0.2) is 12.1 Å². The van der Waals surface area contributed by atoms with Gasteiger partial charge in [0.25, 0.3) is 0 Å². The second kappa shape index (κ2) is 7.12. The molecule has 0 spiro atoms. The van der Waals surface area contributed by atoms with Gasteiger partial charge in [-0.25, -0.2) is 0 Å². The molecular formula is C26H31ClN4O2. The number of ether oxygens (including phenoxy) is 1. The molecule has 0 radical (unpaired) electrons. The molecule has 2 saturated heterocycles. The summed E-state index contributed by atoms with van der Waals surface area (Å²) in [6.45, 7) is 4.18. The van der Waals surface area contributed by atoms with Gasteiger partial charge in [0.2, 0.25) is 5.91 Å². The van der Waals surface area contributed by atoms with E-state index in [0.29, 0.717) is 23.1 Å². The Morgan fingerprint density at radius 3 is 2.61 bits per heavy atom.